The molecule has 2 rings (SSSR count). The Hall–Kier alpha value is -0.860. The van der Waals surface area contributed by atoms with Gasteiger partial charge >= 0.3 is 0 Å². The summed E-state index contributed by atoms with van der Waals surface area (Å²) in [6.07, 6.45) is 6.58. The maximum absolute atomic E-state index is 3.78. The van der Waals surface area contributed by atoms with E-state index in [4.69, 9.17) is 0 Å². The zero-order chi connectivity index (χ0) is 14.2. The number of alkyl halides is 2. The molecule has 0 nitrogen and oxygen atoms in total. The second kappa shape index (κ2) is 8.43. The highest BCUT2D eigenvalue weighted by Crippen LogP contribution is 2.22. The molecule has 0 aliphatic heterocycles. The monoisotopic (exact) mass is 392 g/mol. The van der Waals surface area contributed by atoms with Crippen molar-refractivity contribution in [3.8, 4) is 0 Å². The smallest absolute Gasteiger partial charge is 0.0454 e. The summed E-state index contributed by atoms with van der Waals surface area (Å²) in [6.45, 7) is 0. The van der Waals surface area contributed by atoms with Gasteiger partial charge in [-0.25, -0.2) is 0 Å². The third-order valence-electron chi connectivity index (χ3n) is 3.17. The van der Waals surface area contributed by atoms with Gasteiger partial charge in [-0.1, -0.05) is 105 Å². The van der Waals surface area contributed by atoms with E-state index in [0.29, 0.717) is 9.65 Å². The van der Waals surface area contributed by atoms with E-state index in [1.165, 1.54) is 11.1 Å². The molecule has 0 radical (unpaired) electrons. The Morgan fingerprint density at radius 3 is 2.10 bits per heavy atom. The van der Waals surface area contributed by atoms with Crippen LogP contribution in [0.2, 0.25) is 0 Å². The molecule has 0 aliphatic rings. The number of rotatable bonds is 6. The first kappa shape index (κ1) is 15.5. The third-order valence-corrected chi connectivity index (χ3v) is 5.85. The van der Waals surface area contributed by atoms with Gasteiger partial charge in [-0.05, 0) is 24.0 Å². The molecule has 2 aromatic carbocycles. The van der Waals surface area contributed by atoms with Crippen molar-refractivity contribution >= 4 is 37.9 Å². The molecule has 0 fully saturated rings. The Kier molecular flexibility index (Phi) is 6.55. The second-order valence-corrected chi connectivity index (χ2v) is 6.99. The van der Waals surface area contributed by atoms with Crippen LogP contribution in [0, 0.1) is 0 Å². The quantitative estimate of drug-likeness (QED) is 0.539. The predicted octanol–water partition coefficient (Wildman–Crippen LogP) is 5.86. The van der Waals surface area contributed by atoms with Crippen LogP contribution in [0.4, 0.5) is 0 Å². The highest BCUT2D eigenvalue weighted by Gasteiger charge is 2.12. The van der Waals surface area contributed by atoms with Gasteiger partial charge in [-0.2, -0.15) is 0 Å². The van der Waals surface area contributed by atoms with Gasteiger partial charge in [0, 0.05) is 9.65 Å². The summed E-state index contributed by atoms with van der Waals surface area (Å²) >= 11 is 7.52. The lowest BCUT2D eigenvalue weighted by atomic mass is 10.1. The van der Waals surface area contributed by atoms with Crippen molar-refractivity contribution in [2.45, 2.75) is 22.5 Å². The SMILES string of the molecule is BrC(C=Cc1ccccc1)C(Br)CCc1ccccc1. The number of benzene rings is 2. The highest BCUT2D eigenvalue weighted by molar-refractivity contribution is 9.12. The van der Waals surface area contributed by atoms with Gasteiger partial charge in [0.15, 0.2) is 0 Å². The number of halogens is 2. The molecule has 2 heteroatoms. The summed E-state index contributed by atoms with van der Waals surface area (Å²) in [6, 6.07) is 21.0. The van der Waals surface area contributed by atoms with Gasteiger partial charge < -0.3 is 0 Å². The van der Waals surface area contributed by atoms with Gasteiger partial charge in [-0.15, -0.1) is 0 Å². The van der Waals surface area contributed by atoms with E-state index in [-0.39, 0.29) is 0 Å². The summed E-state index contributed by atoms with van der Waals surface area (Å²) in [5, 5.41) is 0. The Morgan fingerprint density at radius 2 is 1.45 bits per heavy atom. The molecule has 0 spiro atoms. The molecule has 2 unspecified atom stereocenters. The first-order chi connectivity index (χ1) is 9.75. The average Bonchev–Trinajstić information content (AvgIpc) is 2.52. The molecule has 0 bridgehead atoms. The largest absolute Gasteiger partial charge is 0.0875 e. The van der Waals surface area contributed by atoms with Crippen molar-refractivity contribution in [3.63, 3.8) is 0 Å². The summed E-state index contributed by atoms with van der Waals surface area (Å²) in [5.41, 5.74) is 2.63. The van der Waals surface area contributed by atoms with Crippen molar-refractivity contribution in [3.05, 3.63) is 77.9 Å². The van der Waals surface area contributed by atoms with E-state index in [2.05, 4.69) is 98.6 Å². The summed E-state index contributed by atoms with van der Waals surface area (Å²) in [5.74, 6) is 0. The maximum Gasteiger partial charge on any atom is 0.0454 e. The molecular formula is C18H18Br2. The molecule has 2 aromatic rings. The van der Waals surface area contributed by atoms with Crippen molar-refractivity contribution in [2.75, 3.05) is 0 Å². The fourth-order valence-corrected chi connectivity index (χ4v) is 2.82. The van der Waals surface area contributed by atoms with Crippen LogP contribution in [0.25, 0.3) is 6.08 Å². The third kappa shape index (κ3) is 5.26. The number of hydrogen-bond acceptors (Lipinski definition) is 0. The van der Waals surface area contributed by atoms with Gasteiger partial charge in [-0.3, -0.25) is 0 Å². The van der Waals surface area contributed by atoms with Crippen LogP contribution in [-0.4, -0.2) is 9.65 Å². The van der Waals surface area contributed by atoms with E-state index in [1.807, 2.05) is 6.07 Å². The maximum atomic E-state index is 3.78. The van der Waals surface area contributed by atoms with Crippen molar-refractivity contribution in [1.82, 2.24) is 0 Å². The summed E-state index contributed by atoms with van der Waals surface area (Å²) < 4.78 is 0. The molecule has 0 aromatic heterocycles. The van der Waals surface area contributed by atoms with Crippen LogP contribution in [-0.2, 0) is 6.42 Å². The normalized spacial score (nSPS) is 14.3. The fourth-order valence-electron chi connectivity index (χ4n) is 2.00. The summed E-state index contributed by atoms with van der Waals surface area (Å²) in [7, 11) is 0. The molecule has 0 amide bonds. The molecule has 20 heavy (non-hydrogen) atoms. The molecule has 0 aliphatic carbocycles. The van der Waals surface area contributed by atoms with Gasteiger partial charge in [0.25, 0.3) is 0 Å². The van der Waals surface area contributed by atoms with Gasteiger partial charge in [0.05, 0.1) is 0 Å². The van der Waals surface area contributed by atoms with Crippen LogP contribution in [0.15, 0.2) is 66.7 Å². The zero-order valence-electron chi connectivity index (χ0n) is 11.3. The molecule has 0 heterocycles. The van der Waals surface area contributed by atoms with E-state index in [9.17, 15) is 0 Å². The van der Waals surface area contributed by atoms with Crippen molar-refractivity contribution in [2.24, 2.45) is 0 Å². The highest BCUT2D eigenvalue weighted by atomic mass is 79.9. The number of aryl methyl sites for hydroxylation is 1. The van der Waals surface area contributed by atoms with E-state index < -0.39 is 0 Å². The van der Waals surface area contributed by atoms with Crippen LogP contribution in [0.5, 0.6) is 0 Å². The van der Waals surface area contributed by atoms with E-state index >= 15 is 0 Å². The zero-order valence-corrected chi connectivity index (χ0v) is 14.4. The predicted molar refractivity (Wildman–Crippen MR) is 95.7 cm³/mol. The minimum absolute atomic E-state index is 0.339. The standard InChI is InChI=1S/C18H18Br2/c19-17(13-11-15-7-3-1-4-8-15)18(20)14-12-16-9-5-2-6-10-16/h1-11,13,17-18H,12,14H2. The minimum Gasteiger partial charge on any atom is -0.0875 e. The van der Waals surface area contributed by atoms with Gasteiger partial charge in [0.1, 0.15) is 0 Å². The Morgan fingerprint density at radius 1 is 0.850 bits per heavy atom. The van der Waals surface area contributed by atoms with Crippen molar-refractivity contribution < 1.29 is 0 Å². The Balaban J connectivity index is 1.83. The average molecular weight is 394 g/mol. The van der Waals surface area contributed by atoms with Gasteiger partial charge in [0.2, 0.25) is 0 Å². The van der Waals surface area contributed by atoms with Crippen molar-refractivity contribution in [1.29, 1.82) is 0 Å². The molecule has 0 N–H and O–H groups in total. The Bertz CT molecular complexity index is 520. The molecule has 0 saturated carbocycles. The van der Waals surface area contributed by atoms with Crippen LogP contribution < -0.4 is 0 Å². The number of allylic oxidation sites excluding steroid dienone is 1. The molecular weight excluding hydrogens is 376 g/mol. The second-order valence-electron chi connectivity index (χ2n) is 4.75. The topological polar surface area (TPSA) is 0 Å². The van der Waals surface area contributed by atoms with Crippen LogP contribution >= 0.6 is 31.9 Å². The minimum atomic E-state index is 0.339. The van der Waals surface area contributed by atoms with Crippen LogP contribution in [0.1, 0.15) is 17.5 Å². The summed E-state index contributed by atoms with van der Waals surface area (Å²) in [4.78, 5) is 0.772. The fraction of sp³-hybridized carbons (Fsp3) is 0.222. The van der Waals surface area contributed by atoms with Crippen LogP contribution in [0.3, 0.4) is 0 Å². The Labute approximate surface area is 138 Å². The molecule has 0 saturated heterocycles. The first-order valence-corrected chi connectivity index (χ1v) is 8.64. The lowest BCUT2D eigenvalue weighted by Crippen LogP contribution is -2.12. The first-order valence-electron chi connectivity index (χ1n) is 6.81. The lowest BCUT2D eigenvalue weighted by Gasteiger charge is -2.13. The molecule has 104 valence electrons. The van der Waals surface area contributed by atoms with E-state index in [1.54, 1.807) is 0 Å². The van der Waals surface area contributed by atoms with E-state index in [0.717, 1.165) is 12.8 Å². The molecule has 2 atom stereocenters. The number of hydrogen-bond donors (Lipinski definition) is 0. The lowest BCUT2D eigenvalue weighted by molar-refractivity contribution is 0.792.